The Hall–Kier alpha value is -1.71. The fraction of sp³-hybridized carbons (Fsp3) is 0.500. The Morgan fingerprint density at radius 2 is 2.00 bits per heavy atom. The second-order valence-electron chi connectivity index (χ2n) is 5.11. The summed E-state index contributed by atoms with van der Waals surface area (Å²) in [4.78, 5) is 10.2. The van der Waals surface area contributed by atoms with Crippen molar-refractivity contribution in [3.63, 3.8) is 0 Å². The summed E-state index contributed by atoms with van der Waals surface area (Å²) in [5.74, 6) is 0. The van der Waals surface area contributed by atoms with Crippen LogP contribution >= 0.6 is 0 Å². The predicted octanol–water partition coefficient (Wildman–Crippen LogP) is 1.34. The van der Waals surface area contributed by atoms with E-state index in [0.717, 1.165) is 6.07 Å². The van der Waals surface area contributed by atoms with E-state index in [1.165, 1.54) is 26.3 Å². The van der Waals surface area contributed by atoms with Gasteiger partial charge < -0.3 is 10.1 Å². The number of nitrogens with one attached hydrogen (secondary N) is 2. The number of hydrogen-bond donors (Lipinski definition) is 2. The van der Waals surface area contributed by atoms with Crippen LogP contribution in [0.2, 0.25) is 0 Å². The average molecular weight is 317 g/mol. The van der Waals surface area contributed by atoms with Crippen molar-refractivity contribution >= 4 is 21.4 Å². The van der Waals surface area contributed by atoms with Gasteiger partial charge in [0.25, 0.3) is 5.69 Å². The fourth-order valence-electron chi connectivity index (χ4n) is 1.85. The van der Waals surface area contributed by atoms with Gasteiger partial charge in [-0.15, -0.1) is 0 Å². The molecule has 1 aromatic rings. The standard InChI is InChI=1S/C12H19N3O5S/c1-12(2,8-20-4)14-21(18,19)9-5-6-10(13-3)11(7-9)15(16)17/h5-7,13-14H,8H2,1-4H3. The molecule has 1 rings (SSSR count). The monoisotopic (exact) mass is 317 g/mol. The van der Waals surface area contributed by atoms with Crippen LogP contribution in [0.25, 0.3) is 0 Å². The number of ether oxygens (including phenoxy) is 1. The first-order valence-corrected chi connectivity index (χ1v) is 7.60. The first-order chi connectivity index (χ1) is 9.63. The second kappa shape index (κ2) is 6.37. The molecule has 0 aliphatic rings. The lowest BCUT2D eigenvalue weighted by molar-refractivity contribution is -0.384. The van der Waals surface area contributed by atoms with Crippen molar-refractivity contribution in [3.8, 4) is 0 Å². The minimum atomic E-state index is -3.88. The van der Waals surface area contributed by atoms with E-state index in [1.807, 2.05) is 0 Å². The van der Waals surface area contributed by atoms with Crippen LogP contribution in [0, 0.1) is 10.1 Å². The van der Waals surface area contributed by atoms with Crippen molar-refractivity contribution in [1.29, 1.82) is 0 Å². The smallest absolute Gasteiger partial charge is 0.293 e. The summed E-state index contributed by atoms with van der Waals surface area (Å²) in [6.45, 7) is 3.48. The lowest BCUT2D eigenvalue weighted by atomic mass is 10.1. The molecule has 0 aliphatic heterocycles. The van der Waals surface area contributed by atoms with Gasteiger partial charge in [-0.25, -0.2) is 13.1 Å². The highest BCUT2D eigenvalue weighted by molar-refractivity contribution is 7.89. The molecule has 0 spiro atoms. The number of sulfonamides is 1. The third-order valence-electron chi connectivity index (χ3n) is 2.66. The maximum atomic E-state index is 12.3. The molecule has 8 nitrogen and oxygen atoms in total. The molecule has 0 bridgehead atoms. The lowest BCUT2D eigenvalue weighted by Gasteiger charge is -2.24. The van der Waals surface area contributed by atoms with E-state index in [-0.39, 0.29) is 22.9 Å². The summed E-state index contributed by atoms with van der Waals surface area (Å²) in [7, 11) is -0.898. The largest absolute Gasteiger partial charge is 0.383 e. The van der Waals surface area contributed by atoms with Crippen molar-refractivity contribution in [1.82, 2.24) is 4.72 Å². The minimum Gasteiger partial charge on any atom is -0.383 e. The van der Waals surface area contributed by atoms with Gasteiger partial charge in [-0.05, 0) is 26.0 Å². The zero-order chi connectivity index (χ0) is 16.3. The van der Waals surface area contributed by atoms with Crippen LogP contribution in [0.15, 0.2) is 23.1 Å². The summed E-state index contributed by atoms with van der Waals surface area (Å²) in [5, 5.41) is 13.6. The van der Waals surface area contributed by atoms with Gasteiger partial charge in [0, 0.05) is 20.2 Å². The van der Waals surface area contributed by atoms with E-state index in [2.05, 4.69) is 10.0 Å². The maximum absolute atomic E-state index is 12.3. The topological polar surface area (TPSA) is 111 Å². The van der Waals surface area contributed by atoms with E-state index in [4.69, 9.17) is 4.74 Å². The van der Waals surface area contributed by atoms with E-state index in [9.17, 15) is 18.5 Å². The molecule has 0 amide bonds. The molecule has 0 fully saturated rings. The number of nitro benzene ring substituents is 1. The third-order valence-corrected chi connectivity index (χ3v) is 4.36. The minimum absolute atomic E-state index is 0.169. The summed E-state index contributed by atoms with van der Waals surface area (Å²) in [6, 6.07) is 3.69. The number of nitrogens with zero attached hydrogens (tertiary/aromatic N) is 1. The van der Waals surface area contributed by atoms with Crippen molar-refractivity contribution in [2.45, 2.75) is 24.3 Å². The highest BCUT2D eigenvalue weighted by Gasteiger charge is 2.28. The zero-order valence-corrected chi connectivity index (χ0v) is 13.2. The van der Waals surface area contributed by atoms with E-state index >= 15 is 0 Å². The Morgan fingerprint density at radius 1 is 1.38 bits per heavy atom. The Balaban J connectivity index is 3.21. The quantitative estimate of drug-likeness (QED) is 0.580. The molecule has 9 heteroatoms. The van der Waals surface area contributed by atoms with Gasteiger partial charge in [-0.1, -0.05) is 0 Å². The molecule has 0 atom stereocenters. The van der Waals surface area contributed by atoms with Gasteiger partial charge in [-0.2, -0.15) is 0 Å². The molecule has 0 aromatic heterocycles. The Kier molecular flexibility index (Phi) is 5.26. The number of methoxy groups -OCH3 is 1. The van der Waals surface area contributed by atoms with Gasteiger partial charge in [0.2, 0.25) is 10.0 Å². The van der Waals surface area contributed by atoms with Crippen molar-refractivity contribution in [2.75, 3.05) is 26.1 Å². The van der Waals surface area contributed by atoms with Crippen molar-refractivity contribution in [2.24, 2.45) is 0 Å². The molecule has 1 aromatic carbocycles. The Morgan fingerprint density at radius 3 is 2.48 bits per heavy atom. The van der Waals surface area contributed by atoms with Crippen LogP contribution in [-0.4, -0.2) is 39.6 Å². The van der Waals surface area contributed by atoms with Crippen LogP contribution in [0.4, 0.5) is 11.4 Å². The van der Waals surface area contributed by atoms with Crippen LogP contribution < -0.4 is 10.0 Å². The van der Waals surface area contributed by atoms with Crippen LogP contribution in [-0.2, 0) is 14.8 Å². The molecule has 0 unspecified atom stereocenters. The SMILES string of the molecule is CNc1ccc(S(=O)(=O)NC(C)(C)COC)cc1[N+](=O)[O-]. The van der Waals surface area contributed by atoms with Gasteiger partial charge in [0.05, 0.1) is 22.0 Å². The van der Waals surface area contributed by atoms with Crippen molar-refractivity contribution < 1.29 is 18.1 Å². The van der Waals surface area contributed by atoms with E-state index in [1.54, 1.807) is 13.8 Å². The Labute approximate surface area is 123 Å². The normalized spacial score (nSPS) is 12.2. The molecule has 0 heterocycles. The highest BCUT2D eigenvalue weighted by Crippen LogP contribution is 2.27. The fourth-order valence-corrected chi connectivity index (χ4v) is 3.27. The summed E-state index contributed by atoms with van der Waals surface area (Å²) in [6.07, 6.45) is 0. The first-order valence-electron chi connectivity index (χ1n) is 6.12. The van der Waals surface area contributed by atoms with Crippen molar-refractivity contribution in [3.05, 3.63) is 28.3 Å². The molecule has 0 aliphatic carbocycles. The first kappa shape index (κ1) is 17.3. The van der Waals surface area contributed by atoms with Crippen LogP contribution in [0.1, 0.15) is 13.8 Å². The molecule has 118 valence electrons. The van der Waals surface area contributed by atoms with E-state index < -0.39 is 20.5 Å². The molecular formula is C12H19N3O5S. The van der Waals surface area contributed by atoms with E-state index in [0.29, 0.717) is 0 Å². The maximum Gasteiger partial charge on any atom is 0.293 e. The van der Waals surface area contributed by atoms with Crippen LogP contribution in [0.3, 0.4) is 0 Å². The predicted molar refractivity (Wildman–Crippen MR) is 78.9 cm³/mol. The molecule has 0 saturated carbocycles. The average Bonchev–Trinajstić information content (AvgIpc) is 2.36. The molecule has 2 N–H and O–H groups in total. The number of anilines is 1. The molecular weight excluding hydrogens is 298 g/mol. The number of hydrogen-bond acceptors (Lipinski definition) is 6. The highest BCUT2D eigenvalue weighted by atomic mass is 32.2. The lowest BCUT2D eigenvalue weighted by Crippen LogP contribution is -2.46. The van der Waals surface area contributed by atoms with Gasteiger partial charge >= 0.3 is 0 Å². The van der Waals surface area contributed by atoms with Gasteiger partial charge in [0.15, 0.2) is 0 Å². The van der Waals surface area contributed by atoms with Crippen LogP contribution in [0.5, 0.6) is 0 Å². The summed E-state index contributed by atoms with van der Waals surface area (Å²) in [5.41, 5.74) is -0.885. The number of rotatable bonds is 7. The number of benzene rings is 1. The third kappa shape index (κ3) is 4.38. The summed E-state index contributed by atoms with van der Waals surface area (Å²) < 4.78 is 32.0. The van der Waals surface area contributed by atoms with Gasteiger partial charge in [0.1, 0.15) is 5.69 Å². The molecule has 21 heavy (non-hydrogen) atoms. The number of nitro groups is 1. The molecule has 0 saturated heterocycles. The summed E-state index contributed by atoms with van der Waals surface area (Å²) >= 11 is 0. The Bertz CT molecular complexity index is 628. The molecule has 0 radical (unpaired) electrons. The zero-order valence-electron chi connectivity index (χ0n) is 12.3. The van der Waals surface area contributed by atoms with Gasteiger partial charge in [-0.3, -0.25) is 10.1 Å². The second-order valence-corrected chi connectivity index (χ2v) is 6.79.